The zero-order chi connectivity index (χ0) is 38.4. The van der Waals surface area contributed by atoms with Crippen LogP contribution in [0.4, 0.5) is 0 Å². The number of hydrogen-bond acceptors (Lipinski definition) is 1. The zero-order valence-electron chi connectivity index (χ0n) is 31.6. The van der Waals surface area contributed by atoms with Crippen molar-refractivity contribution in [3.05, 3.63) is 212 Å². The molecular formula is C56H35OP. The molecule has 0 saturated heterocycles. The van der Waals surface area contributed by atoms with Gasteiger partial charge in [0, 0.05) is 21.3 Å². The Labute approximate surface area is 335 Å². The van der Waals surface area contributed by atoms with Crippen molar-refractivity contribution in [3.63, 3.8) is 0 Å². The normalized spacial score (nSPS) is 12.2. The SMILES string of the molecule is O=P(c1ccc2ccc3ccccc3c2c1)(c1ccc2ccc3ccccc3c2c1)c1c2ccccc2c(-c2ccccc2)c2c3ccccc3c3ccccc3c12. The maximum absolute atomic E-state index is 17.8. The molecule has 0 aliphatic rings. The van der Waals surface area contributed by atoms with E-state index in [1.165, 1.54) is 16.2 Å². The van der Waals surface area contributed by atoms with Gasteiger partial charge in [-0.3, -0.25) is 0 Å². The topological polar surface area (TPSA) is 17.1 Å². The summed E-state index contributed by atoms with van der Waals surface area (Å²) >= 11 is 0. The summed E-state index contributed by atoms with van der Waals surface area (Å²) in [6.45, 7) is 0. The van der Waals surface area contributed by atoms with Gasteiger partial charge in [-0.05, 0) is 104 Å². The summed E-state index contributed by atoms with van der Waals surface area (Å²) in [6, 6.07) is 75.9. The Morgan fingerprint density at radius 3 is 1.19 bits per heavy atom. The zero-order valence-corrected chi connectivity index (χ0v) is 32.5. The molecule has 0 fully saturated rings. The quantitative estimate of drug-likeness (QED) is 0.0993. The predicted molar refractivity (Wildman–Crippen MR) is 251 cm³/mol. The molecule has 0 aliphatic heterocycles. The van der Waals surface area contributed by atoms with Crippen LogP contribution in [-0.2, 0) is 4.57 Å². The molecule has 12 aromatic carbocycles. The minimum atomic E-state index is -3.73. The van der Waals surface area contributed by atoms with Crippen molar-refractivity contribution in [3.8, 4) is 11.1 Å². The van der Waals surface area contributed by atoms with Crippen molar-refractivity contribution >= 4 is 109 Å². The molecule has 0 spiro atoms. The van der Waals surface area contributed by atoms with Crippen LogP contribution in [0.3, 0.4) is 0 Å². The third-order valence-corrected chi connectivity index (χ3v) is 15.5. The summed E-state index contributed by atoms with van der Waals surface area (Å²) < 4.78 is 17.8. The van der Waals surface area contributed by atoms with Gasteiger partial charge in [0.15, 0.2) is 7.14 Å². The van der Waals surface area contributed by atoms with Gasteiger partial charge in [0.2, 0.25) is 0 Å². The lowest BCUT2D eigenvalue weighted by atomic mass is 9.86. The van der Waals surface area contributed by atoms with E-state index in [2.05, 4.69) is 212 Å². The molecule has 0 N–H and O–H groups in total. The van der Waals surface area contributed by atoms with Crippen LogP contribution in [0.2, 0.25) is 0 Å². The first-order valence-corrected chi connectivity index (χ1v) is 21.7. The lowest BCUT2D eigenvalue weighted by Crippen LogP contribution is -2.27. The van der Waals surface area contributed by atoms with Crippen LogP contribution >= 0.6 is 7.14 Å². The molecule has 0 amide bonds. The molecule has 0 atom stereocenters. The molecule has 0 saturated carbocycles. The first kappa shape index (κ1) is 33.1. The highest BCUT2D eigenvalue weighted by atomic mass is 31.2. The maximum Gasteiger partial charge on any atom is 0.172 e. The van der Waals surface area contributed by atoms with Crippen molar-refractivity contribution in [2.75, 3.05) is 0 Å². The lowest BCUT2D eigenvalue weighted by Gasteiger charge is -2.28. The summed E-state index contributed by atoms with van der Waals surface area (Å²) in [5.74, 6) is 0. The van der Waals surface area contributed by atoms with Gasteiger partial charge >= 0.3 is 0 Å². The molecule has 0 radical (unpaired) electrons. The fourth-order valence-electron chi connectivity index (χ4n) is 9.83. The Morgan fingerprint density at radius 1 is 0.276 bits per heavy atom. The van der Waals surface area contributed by atoms with Crippen LogP contribution in [0.25, 0.3) is 97.3 Å². The lowest BCUT2D eigenvalue weighted by molar-refractivity contribution is 0.593. The average Bonchev–Trinajstić information content (AvgIpc) is 3.30. The molecule has 0 heterocycles. The first-order chi connectivity index (χ1) is 28.7. The van der Waals surface area contributed by atoms with Gasteiger partial charge in [0.1, 0.15) is 0 Å². The van der Waals surface area contributed by atoms with Gasteiger partial charge in [-0.25, -0.2) is 0 Å². The number of fused-ring (bicyclic) bond motifs is 13. The predicted octanol–water partition coefficient (Wildman–Crippen LogP) is 14.2. The van der Waals surface area contributed by atoms with E-state index in [9.17, 15) is 0 Å². The Hall–Kier alpha value is -7.05. The highest BCUT2D eigenvalue weighted by Crippen LogP contribution is 2.53. The Kier molecular flexibility index (Phi) is 7.27. The molecule has 270 valence electrons. The molecule has 0 bridgehead atoms. The molecule has 0 aromatic heterocycles. The highest BCUT2D eigenvalue weighted by Gasteiger charge is 2.36. The first-order valence-electron chi connectivity index (χ1n) is 19.9. The largest absolute Gasteiger partial charge is 0.309 e. The van der Waals surface area contributed by atoms with Crippen molar-refractivity contribution in [2.24, 2.45) is 0 Å². The fraction of sp³-hybridized carbons (Fsp3) is 0. The second-order valence-electron chi connectivity index (χ2n) is 15.5. The molecule has 2 heteroatoms. The van der Waals surface area contributed by atoms with Crippen LogP contribution < -0.4 is 15.9 Å². The fourth-order valence-corrected chi connectivity index (χ4v) is 12.9. The summed E-state index contributed by atoms with van der Waals surface area (Å²) in [5.41, 5.74) is 2.30. The van der Waals surface area contributed by atoms with E-state index >= 15 is 4.57 Å². The number of benzene rings is 12. The van der Waals surface area contributed by atoms with Gasteiger partial charge in [-0.15, -0.1) is 0 Å². The monoisotopic (exact) mass is 754 g/mol. The van der Waals surface area contributed by atoms with E-state index in [0.29, 0.717) is 0 Å². The van der Waals surface area contributed by atoms with Gasteiger partial charge in [0.25, 0.3) is 0 Å². The third kappa shape index (κ3) is 4.75. The van der Waals surface area contributed by atoms with Gasteiger partial charge < -0.3 is 4.57 Å². The van der Waals surface area contributed by atoms with Crippen LogP contribution in [-0.4, -0.2) is 0 Å². The van der Waals surface area contributed by atoms with Gasteiger partial charge in [-0.2, -0.15) is 0 Å². The van der Waals surface area contributed by atoms with Gasteiger partial charge in [-0.1, -0.05) is 200 Å². The van der Waals surface area contributed by atoms with E-state index in [1.807, 2.05) is 0 Å². The van der Waals surface area contributed by atoms with Crippen molar-refractivity contribution in [1.29, 1.82) is 0 Å². The average molecular weight is 755 g/mol. The van der Waals surface area contributed by atoms with E-state index in [0.717, 1.165) is 97.1 Å². The van der Waals surface area contributed by atoms with Crippen LogP contribution in [0.1, 0.15) is 0 Å². The molecule has 12 rings (SSSR count). The summed E-state index contributed by atoms with van der Waals surface area (Å²) in [7, 11) is -3.73. The van der Waals surface area contributed by atoms with Crippen molar-refractivity contribution < 1.29 is 4.57 Å². The molecular weight excluding hydrogens is 720 g/mol. The minimum absolute atomic E-state index is 0.826. The maximum atomic E-state index is 17.8. The van der Waals surface area contributed by atoms with E-state index in [-0.39, 0.29) is 0 Å². The second kappa shape index (κ2) is 12.7. The number of hydrogen-bond donors (Lipinski definition) is 0. The highest BCUT2D eigenvalue weighted by molar-refractivity contribution is 7.86. The summed E-state index contributed by atoms with van der Waals surface area (Å²) in [4.78, 5) is 0. The summed E-state index contributed by atoms with van der Waals surface area (Å²) in [5, 5.41) is 20.5. The van der Waals surface area contributed by atoms with Crippen molar-refractivity contribution in [1.82, 2.24) is 0 Å². The van der Waals surface area contributed by atoms with E-state index < -0.39 is 7.14 Å². The summed E-state index contributed by atoms with van der Waals surface area (Å²) in [6.07, 6.45) is 0. The van der Waals surface area contributed by atoms with Gasteiger partial charge in [0.05, 0.1) is 0 Å². The Morgan fingerprint density at radius 2 is 0.655 bits per heavy atom. The van der Waals surface area contributed by atoms with E-state index in [4.69, 9.17) is 0 Å². The molecule has 1 nitrogen and oxygen atoms in total. The van der Waals surface area contributed by atoms with Crippen LogP contribution in [0.5, 0.6) is 0 Å². The Balaban J connectivity index is 1.35. The molecule has 0 aliphatic carbocycles. The third-order valence-electron chi connectivity index (χ3n) is 12.4. The van der Waals surface area contributed by atoms with Crippen LogP contribution in [0, 0.1) is 0 Å². The molecule has 58 heavy (non-hydrogen) atoms. The second-order valence-corrected chi connectivity index (χ2v) is 18.2. The van der Waals surface area contributed by atoms with Crippen LogP contribution in [0.15, 0.2) is 212 Å². The van der Waals surface area contributed by atoms with Crippen molar-refractivity contribution in [2.45, 2.75) is 0 Å². The Bertz CT molecular complexity index is 3590. The minimum Gasteiger partial charge on any atom is -0.309 e. The smallest absolute Gasteiger partial charge is 0.172 e. The van der Waals surface area contributed by atoms with E-state index in [1.54, 1.807) is 0 Å². The molecule has 12 aromatic rings. The standard InChI is InChI=1S/C56H35OP/c57-58(41-32-30-38-28-26-36-14-4-6-18-43(36)51(38)34-41,42-33-31-39-29-27-37-15-5-7-19-44(37)52(39)35-42)56-50-25-13-12-24-49(50)53(40-16-2-1-3-17-40)54-47-22-10-8-20-45(47)46-21-9-11-23-48(46)55(54)56/h1-35H. The number of rotatable bonds is 4. The molecule has 0 unspecified atom stereocenters.